The Morgan fingerprint density at radius 3 is 2.72 bits per heavy atom. The highest BCUT2D eigenvalue weighted by molar-refractivity contribution is 5.80. The van der Waals surface area contributed by atoms with Crippen molar-refractivity contribution < 1.29 is 4.74 Å². The molecule has 18 heavy (non-hydrogen) atoms. The number of hydrogen-bond acceptors (Lipinski definition) is 2. The highest BCUT2D eigenvalue weighted by Crippen LogP contribution is 2.28. The predicted octanol–water partition coefficient (Wildman–Crippen LogP) is 2.48. The first-order valence-corrected chi connectivity index (χ1v) is 6.64. The second-order valence-corrected chi connectivity index (χ2v) is 5.20. The van der Waals surface area contributed by atoms with Gasteiger partial charge < -0.3 is 15.0 Å². The molecular formula is C15H20N2O. The van der Waals surface area contributed by atoms with E-state index in [9.17, 15) is 0 Å². The summed E-state index contributed by atoms with van der Waals surface area (Å²) in [4.78, 5) is 3.50. The van der Waals surface area contributed by atoms with Crippen molar-refractivity contribution in [1.82, 2.24) is 10.3 Å². The number of hydrogen-bond donors (Lipinski definition) is 2. The van der Waals surface area contributed by atoms with Crippen LogP contribution in [0.15, 0.2) is 30.3 Å². The second kappa shape index (κ2) is 4.75. The summed E-state index contributed by atoms with van der Waals surface area (Å²) in [5, 5.41) is 4.68. The van der Waals surface area contributed by atoms with Crippen LogP contribution in [0.1, 0.15) is 18.5 Å². The van der Waals surface area contributed by atoms with Gasteiger partial charge in [-0.3, -0.25) is 0 Å². The number of benzene rings is 1. The molecule has 1 aliphatic rings. The highest BCUT2D eigenvalue weighted by Gasteiger charge is 2.32. The summed E-state index contributed by atoms with van der Waals surface area (Å²) in [5.41, 5.74) is 2.50. The van der Waals surface area contributed by atoms with E-state index in [1.54, 1.807) is 0 Å². The molecule has 0 aliphatic carbocycles. The number of H-pyrrole nitrogens is 1. The van der Waals surface area contributed by atoms with E-state index in [2.05, 4.69) is 40.6 Å². The van der Waals surface area contributed by atoms with Crippen molar-refractivity contribution in [2.24, 2.45) is 0 Å². The maximum atomic E-state index is 5.82. The Balaban J connectivity index is 1.85. The highest BCUT2D eigenvalue weighted by atomic mass is 16.5. The topological polar surface area (TPSA) is 37.0 Å². The average Bonchev–Trinajstić information content (AvgIpc) is 2.81. The minimum atomic E-state index is 0.00608. The largest absolute Gasteiger partial charge is 0.378 e. The van der Waals surface area contributed by atoms with E-state index in [0.717, 1.165) is 32.4 Å². The Morgan fingerprint density at radius 2 is 2.00 bits per heavy atom. The molecule has 1 fully saturated rings. The van der Waals surface area contributed by atoms with Crippen molar-refractivity contribution in [2.75, 3.05) is 20.2 Å². The normalized spacial score (nSPS) is 19.2. The molecular weight excluding hydrogens is 224 g/mol. The SMILES string of the molecule is COC1(Cc2cc3ccccc3[nH]2)CCNCC1. The molecule has 0 bridgehead atoms. The Hall–Kier alpha value is -1.32. The van der Waals surface area contributed by atoms with Crippen LogP contribution >= 0.6 is 0 Å². The summed E-state index contributed by atoms with van der Waals surface area (Å²) in [6.07, 6.45) is 3.14. The van der Waals surface area contributed by atoms with Crippen LogP contribution in [-0.2, 0) is 11.2 Å². The van der Waals surface area contributed by atoms with E-state index in [0.29, 0.717) is 0 Å². The van der Waals surface area contributed by atoms with Crippen molar-refractivity contribution in [3.05, 3.63) is 36.0 Å². The Kier molecular flexibility index (Phi) is 3.10. The molecule has 0 atom stereocenters. The van der Waals surface area contributed by atoms with E-state index in [-0.39, 0.29) is 5.60 Å². The lowest BCUT2D eigenvalue weighted by atomic mass is 9.87. The van der Waals surface area contributed by atoms with E-state index < -0.39 is 0 Å². The van der Waals surface area contributed by atoms with Gasteiger partial charge in [-0.15, -0.1) is 0 Å². The van der Waals surface area contributed by atoms with Gasteiger partial charge in [-0.25, -0.2) is 0 Å². The van der Waals surface area contributed by atoms with Crippen LogP contribution in [0, 0.1) is 0 Å². The maximum absolute atomic E-state index is 5.82. The molecule has 3 nitrogen and oxygen atoms in total. The molecule has 1 aromatic carbocycles. The summed E-state index contributed by atoms with van der Waals surface area (Å²) in [6, 6.07) is 10.7. The Bertz CT molecular complexity index is 493. The molecule has 1 aromatic heterocycles. The van der Waals surface area contributed by atoms with Gasteiger partial charge in [0, 0.05) is 24.7 Å². The summed E-state index contributed by atoms with van der Waals surface area (Å²) < 4.78 is 5.82. The molecule has 0 saturated carbocycles. The summed E-state index contributed by atoms with van der Waals surface area (Å²) in [7, 11) is 1.84. The fraction of sp³-hybridized carbons (Fsp3) is 0.467. The van der Waals surface area contributed by atoms with Crippen molar-refractivity contribution in [2.45, 2.75) is 24.9 Å². The van der Waals surface area contributed by atoms with E-state index >= 15 is 0 Å². The minimum absolute atomic E-state index is 0.00608. The maximum Gasteiger partial charge on any atom is 0.0757 e. The van der Waals surface area contributed by atoms with Gasteiger partial charge in [0.15, 0.2) is 0 Å². The van der Waals surface area contributed by atoms with Crippen molar-refractivity contribution in [3.63, 3.8) is 0 Å². The number of piperidine rings is 1. The quantitative estimate of drug-likeness (QED) is 0.870. The molecule has 0 amide bonds. The number of fused-ring (bicyclic) bond motifs is 1. The van der Waals surface area contributed by atoms with Gasteiger partial charge in [0.2, 0.25) is 0 Å². The number of ether oxygens (including phenoxy) is 1. The lowest BCUT2D eigenvalue weighted by Crippen LogP contribution is -2.45. The first kappa shape index (κ1) is 11.8. The third-order valence-corrected chi connectivity index (χ3v) is 4.05. The van der Waals surface area contributed by atoms with Crippen LogP contribution in [0.3, 0.4) is 0 Å². The van der Waals surface area contributed by atoms with Gasteiger partial charge in [0.05, 0.1) is 5.60 Å². The third-order valence-electron chi connectivity index (χ3n) is 4.05. The smallest absolute Gasteiger partial charge is 0.0757 e. The first-order chi connectivity index (χ1) is 8.81. The van der Waals surface area contributed by atoms with Gasteiger partial charge in [-0.2, -0.15) is 0 Å². The molecule has 0 radical (unpaired) electrons. The zero-order valence-corrected chi connectivity index (χ0v) is 10.8. The van der Waals surface area contributed by atoms with Crippen LogP contribution in [0.5, 0.6) is 0 Å². The fourth-order valence-electron chi connectivity index (χ4n) is 2.91. The number of nitrogens with one attached hydrogen (secondary N) is 2. The van der Waals surface area contributed by atoms with E-state index in [1.165, 1.54) is 16.6 Å². The van der Waals surface area contributed by atoms with Crippen LogP contribution < -0.4 is 5.32 Å². The molecule has 1 saturated heterocycles. The van der Waals surface area contributed by atoms with Gasteiger partial charge in [-0.05, 0) is 43.5 Å². The van der Waals surface area contributed by atoms with E-state index in [1.807, 2.05) is 7.11 Å². The molecule has 2 heterocycles. The molecule has 3 heteroatoms. The Labute approximate surface area is 108 Å². The second-order valence-electron chi connectivity index (χ2n) is 5.20. The van der Waals surface area contributed by atoms with Crippen LogP contribution in [0.25, 0.3) is 10.9 Å². The lowest BCUT2D eigenvalue weighted by molar-refractivity contribution is -0.0339. The molecule has 0 unspecified atom stereocenters. The van der Waals surface area contributed by atoms with Crippen molar-refractivity contribution in [3.8, 4) is 0 Å². The van der Waals surface area contributed by atoms with Gasteiger partial charge >= 0.3 is 0 Å². The zero-order valence-electron chi connectivity index (χ0n) is 10.8. The predicted molar refractivity (Wildman–Crippen MR) is 73.8 cm³/mol. The van der Waals surface area contributed by atoms with Crippen LogP contribution in [0.4, 0.5) is 0 Å². The zero-order chi connectivity index (χ0) is 12.4. The fourth-order valence-corrected chi connectivity index (χ4v) is 2.91. The number of rotatable bonds is 3. The van der Waals surface area contributed by atoms with Crippen LogP contribution in [-0.4, -0.2) is 30.8 Å². The molecule has 96 valence electrons. The average molecular weight is 244 g/mol. The van der Waals surface area contributed by atoms with Crippen LogP contribution in [0.2, 0.25) is 0 Å². The van der Waals surface area contributed by atoms with Gasteiger partial charge in [0.25, 0.3) is 0 Å². The number of para-hydroxylation sites is 1. The molecule has 2 aromatic rings. The molecule has 2 N–H and O–H groups in total. The third kappa shape index (κ3) is 2.16. The van der Waals surface area contributed by atoms with Gasteiger partial charge in [-0.1, -0.05) is 18.2 Å². The Morgan fingerprint density at radius 1 is 1.22 bits per heavy atom. The minimum Gasteiger partial charge on any atom is -0.378 e. The first-order valence-electron chi connectivity index (χ1n) is 6.64. The molecule has 3 rings (SSSR count). The van der Waals surface area contributed by atoms with Crippen molar-refractivity contribution in [1.29, 1.82) is 0 Å². The molecule has 1 aliphatic heterocycles. The summed E-state index contributed by atoms with van der Waals surface area (Å²) in [5.74, 6) is 0. The lowest BCUT2D eigenvalue weighted by Gasteiger charge is -2.36. The number of methoxy groups -OCH3 is 1. The molecule has 0 spiro atoms. The number of aromatic amines is 1. The standard InChI is InChI=1S/C15H20N2O/c1-18-15(6-8-16-9-7-15)11-13-10-12-4-2-3-5-14(12)17-13/h2-5,10,16-17H,6-9,11H2,1H3. The summed E-state index contributed by atoms with van der Waals surface area (Å²) in [6.45, 7) is 2.10. The van der Waals surface area contributed by atoms with Crippen molar-refractivity contribution >= 4 is 10.9 Å². The van der Waals surface area contributed by atoms with E-state index in [4.69, 9.17) is 4.74 Å². The monoisotopic (exact) mass is 244 g/mol. The summed E-state index contributed by atoms with van der Waals surface area (Å²) >= 11 is 0. The van der Waals surface area contributed by atoms with Gasteiger partial charge in [0.1, 0.15) is 0 Å². The number of aromatic nitrogens is 1.